The first-order valence-electron chi connectivity index (χ1n) is 12.8. The van der Waals surface area contributed by atoms with Crippen LogP contribution in [0.4, 0.5) is 0 Å². The van der Waals surface area contributed by atoms with Crippen LogP contribution in [0.1, 0.15) is 33.4 Å². The average Bonchev–Trinajstić information content (AvgIpc) is 3.44. The van der Waals surface area contributed by atoms with E-state index in [2.05, 4.69) is 117 Å². The van der Waals surface area contributed by atoms with Gasteiger partial charge in [0.1, 0.15) is 0 Å². The SMILES string of the molecule is Cc1cc(C)c2c(c1)Cc1cc(C)cc(C)c1B2c1ccsc1-n1c2ccccc2c2ccccc21. The van der Waals surface area contributed by atoms with E-state index in [0.717, 1.165) is 6.42 Å². The van der Waals surface area contributed by atoms with E-state index in [1.807, 2.05) is 11.3 Å². The zero-order chi connectivity index (χ0) is 24.6. The maximum Gasteiger partial charge on any atom is 0.246 e. The first-order chi connectivity index (χ1) is 17.5. The van der Waals surface area contributed by atoms with E-state index in [1.54, 1.807) is 0 Å². The second-order valence-corrected chi connectivity index (χ2v) is 11.4. The number of aryl methyl sites for hydroxylation is 4. The molecule has 1 nitrogen and oxygen atoms in total. The minimum absolute atomic E-state index is 0.228. The van der Waals surface area contributed by atoms with E-state index in [9.17, 15) is 0 Å². The van der Waals surface area contributed by atoms with E-state index >= 15 is 0 Å². The van der Waals surface area contributed by atoms with Crippen molar-refractivity contribution in [3.8, 4) is 5.00 Å². The molecule has 0 spiro atoms. The lowest BCUT2D eigenvalue weighted by Crippen LogP contribution is -2.59. The molecule has 174 valence electrons. The number of nitrogens with zero attached hydrogens (tertiary/aromatic N) is 1. The third kappa shape index (κ3) is 3.09. The van der Waals surface area contributed by atoms with Gasteiger partial charge in [0.25, 0.3) is 0 Å². The van der Waals surface area contributed by atoms with Gasteiger partial charge in [-0.3, -0.25) is 0 Å². The van der Waals surface area contributed by atoms with Crippen LogP contribution in [-0.4, -0.2) is 11.3 Å². The van der Waals surface area contributed by atoms with Crippen molar-refractivity contribution in [2.45, 2.75) is 34.1 Å². The Kier molecular flexibility index (Phi) is 4.81. The number of rotatable bonds is 2. The highest BCUT2D eigenvalue weighted by Gasteiger charge is 2.36. The molecule has 0 radical (unpaired) electrons. The molecule has 1 aliphatic rings. The number of benzene rings is 4. The van der Waals surface area contributed by atoms with Crippen molar-refractivity contribution in [1.82, 2.24) is 4.57 Å². The van der Waals surface area contributed by atoms with E-state index in [1.165, 1.54) is 76.6 Å². The molecule has 0 bridgehead atoms. The van der Waals surface area contributed by atoms with E-state index in [0.29, 0.717) is 0 Å². The van der Waals surface area contributed by atoms with Crippen molar-refractivity contribution in [3.63, 3.8) is 0 Å². The molecule has 0 saturated carbocycles. The van der Waals surface area contributed by atoms with Gasteiger partial charge in [0.2, 0.25) is 6.71 Å². The first-order valence-corrected chi connectivity index (χ1v) is 13.6. The minimum atomic E-state index is 0.228. The lowest BCUT2D eigenvalue weighted by Gasteiger charge is -2.31. The molecule has 0 amide bonds. The van der Waals surface area contributed by atoms with Crippen LogP contribution in [0.2, 0.25) is 0 Å². The monoisotopic (exact) mass is 481 g/mol. The molecule has 0 atom stereocenters. The standard InChI is InChI=1S/C33H28BNS/c1-20-15-22(3)31-24(17-20)19-25-18-21(2)16-23(4)32(25)34(31)28-13-14-36-33(28)35-29-11-7-5-9-26(29)27-10-6-8-12-30(27)35/h5-18H,19H2,1-4H3. The Hall–Kier alpha value is -3.56. The summed E-state index contributed by atoms with van der Waals surface area (Å²) in [4.78, 5) is 0. The van der Waals surface area contributed by atoms with Crippen LogP contribution in [0.3, 0.4) is 0 Å². The Morgan fingerprint density at radius 1 is 0.667 bits per heavy atom. The number of aromatic nitrogens is 1. The predicted octanol–water partition coefficient (Wildman–Crippen LogP) is 6.50. The molecular weight excluding hydrogens is 453 g/mol. The van der Waals surface area contributed by atoms with Gasteiger partial charge in [-0.1, -0.05) is 99.9 Å². The molecular formula is C33H28BNS. The third-order valence-corrected chi connectivity index (χ3v) is 8.87. The number of hydrogen-bond acceptors (Lipinski definition) is 1. The lowest BCUT2D eigenvalue weighted by molar-refractivity contribution is 1.16. The Morgan fingerprint density at radius 3 is 1.75 bits per heavy atom. The molecule has 1 aliphatic heterocycles. The largest absolute Gasteiger partial charge is 0.301 e. The molecule has 6 aromatic rings. The van der Waals surface area contributed by atoms with Crippen LogP contribution in [0, 0.1) is 27.7 Å². The van der Waals surface area contributed by atoms with Crippen LogP contribution in [0.25, 0.3) is 26.8 Å². The van der Waals surface area contributed by atoms with Crippen LogP contribution >= 0.6 is 11.3 Å². The van der Waals surface area contributed by atoms with Gasteiger partial charge in [0.15, 0.2) is 0 Å². The van der Waals surface area contributed by atoms with Crippen molar-refractivity contribution in [2.75, 3.05) is 0 Å². The molecule has 3 heteroatoms. The molecule has 0 N–H and O–H groups in total. The molecule has 36 heavy (non-hydrogen) atoms. The maximum absolute atomic E-state index is 2.51. The molecule has 0 unspecified atom stereocenters. The van der Waals surface area contributed by atoms with E-state index in [-0.39, 0.29) is 6.71 Å². The maximum atomic E-state index is 2.51. The van der Waals surface area contributed by atoms with Crippen LogP contribution in [0.5, 0.6) is 0 Å². The van der Waals surface area contributed by atoms with Crippen molar-refractivity contribution in [2.24, 2.45) is 0 Å². The summed E-state index contributed by atoms with van der Waals surface area (Å²) in [6.07, 6.45) is 1.01. The quantitative estimate of drug-likeness (QED) is 0.249. The fourth-order valence-corrected chi connectivity index (χ4v) is 7.73. The number of fused-ring (bicyclic) bond motifs is 5. The van der Waals surface area contributed by atoms with Crippen LogP contribution < -0.4 is 16.4 Å². The van der Waals surface area contributed by atoms with Crippen molar-refractivity contribution >= 4 is 56.2 Å². The highest BCUT2D eigenvalue weighted by molar-refractivity contribution is 7.16. The van der Waals surface area contributed by atoms with Gasteiger partial charge in [-0.05, 0) is 68.2 Å². The molecule has 0 saturated heterocycles. The smallest absolute Gasteiger partial charge is 0.246 e. The van der Waals surface area contributed by atoms with Gasteiger partial charge in [0, 0.05) is 10.8 Å². The summed E-state index contributed by atoms with van der Waals surface area (Å²) >= 11 is 1.86. The van der Waals surface area contributed by atoms with Gasteiger partial charge < -0.3 is 4.57 Å². The highest BCUT2D eigenvalue weighted by atomic mass is 32.1. The Morgan fingerprint density at radius 2 is 1.19 bits per heavy atom. The fourth-order valence-electron chi connectivity index (χ4n) is 6.77. The van der Waals surface area contributed by atoms with Crippen LogP contribution in [0.15, 0.2) is 84.2 Å². The minimum Gasteiger partial charge on any atom is -0.301 e. The van der Waals surface area contributed by atoms with Crippen molar-refractivity contribution < 1.29 is 0 Å². The summed E-state index contributed by atoms with van der Waals surface area (Å²) in [6, 6.07) is 29.6. The van der Waals surface area contributed by atoms with Crippen LogP contribution in [-0.2, 0) is 6.42 Å². The van der Waals surface area contributed by atoms with Gasteiger partial charge in [-0.25, -0.2) is 0 Å². The fraction of sp³-hybridized carbons (Fsp3) is 0.152. The Balaban J connectivity index is 1.57. The summed E-state index contributed by atoms with van der Waals surface area (Å²) in [7, 11) is 0. The number of thiophene rings is 1. The zero-order valence-corrected chi connectivity index (χ0v) is 22.0. The lowest BCUT2D eigenvalue weighted by atomic mass is 9.32. The zero-order valence-electron chi connectivity index (χ0n) is 21.2. The van der Waals surface area contributed by atoms with Crippen molar-refractivity contribution in [1.29, 1.82) is 0 Å². The topological polar surface area (TPSA) is 4.93 Å². The van der Waals surface area contributed by atoms with E-state index in [4.69, 9.17) is 0 Å². The van der Waals surface area contributed by atoms with Gasteiger partial charge >= 0.3 is 0 Å². The molecule has 3 heterocycles. The summed E-state index contributed by atoms with van der Waals surface area (Å²) in [6.45, 7) is 9.30. The summed E-state index contributed by atoms with van der Waals surface area (Å²) in [5, 5.41) is 6.25. The predicted molar refractivity (Wildman–Crippen MR) is 158 cm³/mol. The molecule has 0 fully saturated rings. The molecule has 0 aliphatic carbocycles. The Bertz CT molecular complexity index is 1710. The second-order valence-electron chi connectivity index (χ2n) is 10.5. The van der Waals surface area contributed by atoms with Gasteiger partial charge in [-0.2, -0.15) is 0 Å². The molecule has 4 aromatic carbocycles. The molecule has 7 rings (SSSR count). The average molecular weight is 481 g/mol. The van der Waals surface area contributed by atoms with Gasteiger partial charge in [0.05, 0.1) is 16.0 Å². The van der Waals surface area contributed by atoms with Crippen molar-refractivity contribution in [3.05, 3.63) is 118 Å². The normalized spacial score (nSPS) is 12.8. The highest BCUT2D eigenvalue weighted by Crippen LogP contribution is 2.33. The number of para-hydroxylation sites is 2. The number of hydrogen-bond donors (Lipinski definition) is 0. The second kappa shape index (κ2) is 7.98. The first kappa shape index (κ1) is 21.7. The van der Waals surface area contributed by atoms with Gasteiger partial charge in [-0.15, -0.1) is 11.3 Å². The third-order valence-electron chi connectivity index (χ3n) is 7.96. The summed E-state index contributed by atoms with van der Waals surface area (Å²) in [5.41, 5.74) is 15.4. The Labute approximate surface area is 217 Å². The van der Waals surface area contributed by atoms with E-state index < -0.39 is 0 Å². The summed E-state index contributed by atoms with van der Waals surface area (Å²) in [5.74, 6) is 0. The molecule has 2 aromatic heterocycles. The summed E-state index contributed by atoms with van der Waals surface area (Å²) < 4.78 is 2.51.